The summed E-state index contributed by atoms with van der Waals surface area (Å²) in [7, 11) is 0. The van der Waals surface area contributed by atoms with E-state index in [0.717, 1.165) is 31.1 Å². The van der Waals surface area contributed by atoms with Crippen LogP contribution in [0.3, 0.4) is 0 Å². The van der Waals surface area contributed by atoms with Crippen LogP contribution in [0.4, 0.5) is 0 Å². The van der Waals surface area contributed by atoms with E-state index >= 15 is 0 Å². The van der Waals surface area contributed by atoms with Crippen LogP contribution in [0.15, 0.2) is 11.8 Å². The van der Waals surface area contributed by atoms with Crippen LogP contribution in [0.2, 0.25) is 0 Å². The zero-order valence-electron chi connectivity index (χ0n) is 11.9. The summed E-state index contributed by atoms with van der Waals surface area (Å²) in [6.45, 7) is 3.15. The zero-order valence-corrected chi connectivity index (χ0v) is 11.9. The molecule has 2 aliphatic rings. The Bertz CT molecular complexity index is 266. The number of allylic oxidation sites excluding steroid dienone is 1. The van der Waals surface area contributed by atoms with Gasteiger partial charge in [0.2, 0.25) is 0 Å². The molecule has 1 saturated carbocycles. The van der Waals surface area contributed by atoms with Gasteiger partial charge in [-0.25, -0.2) is 0 Å². The molecule has 1 aliphatic heterocycles. The molecule has 2 heteroatoms. The van der Waals surface area contributed by atoms with Gasteiger partial charge in [0.1, 0.15) is 5.76 Å². The van der Waals surface area contributed by atoms with E-state index in [0.29, 0.717) is 5.92 Å². The molecule has 1 unspecified atom stereocenters. The summed E-state index contributed by atoms with van der Waals surface area (Å²) < 4.78 is 5.72. The van der Waals surface area contributed by atoms with E-state index < -0.39 is 0 Å². The smallest absolute Gasteiger partial charge is 0.109 e. The average Bonchev–Trinajstić information content (AvgIpc) is 2.46. The number of hydrogen-bond acceptors (Lipinski definition) is 2. The Morgan fingerprint density at radius 1 is 1.33 bits per heavy atom. The van der Waals surface area contributed by atoms with Gasteiger partial charge in [-0.05, 0) is 43.6 Å². The van der Waals surface area contributed by atoms with Gasteiger partial charge in [-0.2, -0.15) is 0 Å². The number of nitrogens with two attached hydrogens (primary N) is 1. The molecular formula is C16H29NO. The lowest BCUT2D eigenvalue weighted by molar-refractivity contribution is 0.144. The number of hydrogen-bond donors (Lipinski definition) is 1. The third kappa shape index (κ3) is 3.74. The summed E-state index contributed by atoms with van der Waals surface area (Å²) in [4.78, 5) is 0. The van der Waals surface area contributed by atoms with Crippen molar-refractivity contribution in [3.05, 3.63) is 11.8 Å². The lowest BCUT2D eigenvalue weighted by atomic mass is 9.76. The molecule has 2 N–H and O–H groups in total. The van der Waals surface area contributed by atoms with E-state index in [1.807, 2.05) is 0 Å². The summed E-state index contributed by atoms with van der Waals surface area (Å²) in [5.41, 5.74) is 6.38. The van der Waals surface area contributed by atoms with Crippen LogP contribution in [0.1, 0.15) is 64.7 Å². The first kappa shape index (κ1) is 13.9. The van der Waals surface area contributed by atoms with Crippen molar-refractivity contribution < 1.29 is 4.74 Å². The number of ether oxygens (including phenoxy) is 1. The van der Waals surface area contributed by atoms with Crippen molar-refractivity contribution in [3.63, 3.8) is 0 Å². The molecule has 0 saturated heterocycles. The van der Waals surface area contributed by atoms with Crippen LogP contribution in [0.5, 0.6) is 0 Å². The topological polar surface area (TPSA) is 35.2 Å². The van der Waals surface area contributed by atoms with Crippen LogP contribution < -0.4 is 5.73 Å². The highest BCUT2D eigenvalue weighted by molar-refractivity contribution is 5.07. The van der Waals surface area contributed by atoms with Crippen LogP contribution in [-0.2, 0) is 4.74 Å². The standard InChI is InChI=1S/C16H29NO/c1-2-3-6-13-8-10-14(11-9-13)16(17)15-7-4-5-12-18-15/h7,13-14,16H,2-6,8-12,17H2,1H3. The van der Waals surface area contributed by atoms with Gasteiger partial charge in [0.25, 0.3) is 0 Å². The van der Waals surface area contributed by atoms with E-state index in [1.165, 1.54) is 44.9 Å². The molecule has 18 heavy (non-hydrogen) atoms. The molecule has 1 atom stereocenters. The van der Waals surface area contributed by atoms with Gasteiger partial charge in [0.05, 0.1) is 12.6 Å². The fourth-order valence-corrected chi connectivity index (χ4v) is 3.37. The van der Waals surface area contributed by atoms with Crippen molar-refractivity contribution in [1.82, 2.24) is 0 Å². The maximum absolute atomic E-state index is 6.38. The minimum Gasteiger partial charge on any atom is -0.497 e. The third-order valence-electron chi connectivity index (χ3n) is 4.66. The molecule has 2 nitrogen and oxygen atoms in total. The first-order chi connectivity index (χ1) is 8.81. The van der Waals surface area contributed by atoms with Crippen LogP contribution in [0.25, 0.3) is 0 Å². The Balaban J connectivity index is 1.76. The molecular weight excluding hydrogens is 222 g/mol. The quantitative estimate of drug-likeness (QED) is 0.801. The molecule has 0 amide bonds. The molecule has 1 aliphatic carbocycles. The summed E-state index contributed by atoms with van der Waals surface area (Å²) in [5, 5.41) is 0. The third-order valence-corrected chi connectivity index (χ3v) is 4.66. The van der Waals surface area contributed by atoms with Gasteiger partial charge in [-0.1, -0.05) is 39.0 Å². The SMILES string of the molecule is CCCCC1CCC(C(N)C2=CCCCO2)CC1. The Hall–Kier alpha value is -0.500. The molecule has 0 spiro atoms. The van der Waals surface area contributed by atoms with Crippen LogP contribution in [-0.4, -0.2) is 12.6 Å². The summed E-state index contributed by atoms with van der Waals surface area (Å²) in [5.74, 6) is 2.71. The zero-order chi connectivity index (χ0) is 12.8. The molecule has 0 aromatic rings. The fraction of sp³-hybridized carbons (Fsp3) is 0.875. The van der Waals surface area contributed by atoms with Gasteiger partial charge in [-0.15, -0.1) is 0 Å². The molecule has 104 valence electrons. The maximum atomic E-state index is 6.38. The average molecular weight is 251 g/mol. The van der Waals surface area contributed by atoms with Gasteiger partial charge >= 0.3 is 0 Å². The second kappa shape index (κ2) is 7.18. The Kier molecular flexibility index (Phi) is 5.55. The minimum absolute atomic E-state index is 0.164. The van der Waals surface area contributed by atoms with Crippen molar-refractivity contribution in [2.75, 3.05) is 6.61 Å². The predicted molar refractivity (Wildman–Crippen MR) is 76.2 cm³/mol. The Labute approximate surface area is 112 Å². The van der Waals surface area contributed by atoms with Crippen molar-refractivity contribution in [2.45, 2.75) is 70.8 Å². The Morgan fingerprint density at radius 3 is 2.72 bits per heavy atom. The lowest BCUT2D eigenvalue weighted by Crippen LogP contribution is -2.36. The fourth-order valence-electron chi connectivity index (χ4n) is 3.37. The van der Waals surface area contributed by atoms with E-state index in [2.05, 4.69) is 13.0 Å². The maximum Gasteiger partial charge on any atom is 0.109 e. The van der Waals surface area contributed by atoms with Crippen LogP contribution in [0, 0.1) is 11.8 Å². The normalized spacial score (nSPS) is 30.4. The van der Waals surface area contributed by atoms with Gasteiger partial charge in [0, 0.05) is 0 Å². The molecule has 0 aromatic heterocycles. The molecule has 1 heterocycles. The first-order valence-corrected chi connectivity index (χ1v) is 7.89. The predicted octanol–water partition coefficient (Wildman–Crippen LogP) is 4.00. The highest BCUT2D eigenvalue weighted by Crippen LogP contribution is 2.35. The van der Waals surface area contributed by atoms with E-state index in [4.69, 9.17) is 10.5 Å². The van der Waals surface area contributed by atoms with Gasteiger partial charge in [0.15, 0.2) is 0 Å². The lowest BCUT2D eigenvalue weighted by Gasteiger charge is -2.33. The van der Waals surface area contributed by atoms with Crippen molar-refractivity contribution >= 4 is 0 Å². The monoisotopic (exact) mass is 251 g/mol. The van der Waals surface area contributed by atoms with E-state index in [9.17, 15) is 0 Å². The highest BCUT2D eigenvalue weighted by atomic mass is 16.5. The molecule has 0 radical (unpaired) electrons. The molecule has 1 fully saturated rings. The van der Waals surface area contributed by atoms with E-state index in [1.54, 1.807) is 0 Å². The van der Waals surface area contributed by atoms with Crippen LogP contribution >= 0.6 is 0 Å². The second-order valence-electron chi connectivity index (χ2n) is 6.05. The minimum atomic E-state index is 0.164. The second-order valence-corrected chi connectivity index (χ2v) is 6.05. The largest absolute Gasteiger partial charge is 0.497 e. The molecule has 0 bridgehead atoms. The van der Waals surface area contributed by atoms with Gasteiger partial charge in [-0.3, -0.25) is 0 Å². The number of rotatable bonds is 5. The molecule has 2 rings (SSSR count). The molecule has 0 aromatic carbocycles. The van der Waals surface area contributed by atoms with Crippen molar-refractivity contribution in [2.24, 2.45) is 17.6 Å². The van der Waals surface area contributed by atoms with Crippen molar-refractivity contribution in [1.29, 1.82) is 0 Å². The van der Waals surface area contributed by atoms with Gasteiger partial charge < -0.3 is 10.5 Å². The summed E-state index contributed by atoms with van der Waals surface area (Å²) >= 11 is 0. The van der Waals surface area contributed by atoms with E-state index in [-0.39, 0.29) is 6.04 Å². The summed E-state index contributed by atoms with van der Waals surface area (Å²) in [6.07, 6.45) is 14.0. The number of unbranched alkanes of at least 4 members (excludes halogenated alkanes) is 1. The van der Waals surface area contributed by atoms with Crippen molar-refractivity contribution in [3.8, 4) is 0 Å². The Morgan fingerprint density at radius 2 is 2.11 bits per heavy atom. The first-order valence-electron chi connectivity index (χ1n) is 7.89. The summed E-state index contributed by atoms with van der Waals surface area (Å²) in [6, 6.07) is 0.164. The highest BCUT2D eigenvalue weighted by Gasteiger charge is 2.28.